The standard InChI is InChI=1S/C31H28N4O4.C27H25F3N6O4.C25H27N3O6.CH2O2/c32-15-22-8-9-23-12-13-34(17-24(23)14-22)16-20-4-6-21(7-5-20)19-39-28-3-1-2-25-26(28)18-35(31(25)38)27-10-11-29(36)33-30(27)37;28-27(29,30)26-33-32-22-14-34(10-11-35(22)26)12-16-4-6-17(7-5-16)15-40-21-3-1-2-18-19(21)13-36(25(18)39)20-8-9-23(37)31-24(20)38;29-23-9-8-21(24(30)26-23)27-14-20-19(25(27)31)2-1-3-22(20)34-16-18-6-4-17(5-7-18)15-28(32)10-12-33-13-11-28;2-1-3/h1-9,14,27H,10-13,16-19H2,(H,33,36,37);1-7,20H,8-15H2,(H,31,37,38);1-7,21,32H,8-16H2;1H,(H,2,3)/p+1/t27-;;;/m0.../s1. The van der Waals surface area contributed by atoms with E-state index in [1.54, 1.807) is 42.5 Å². The smallest absolute Gasteiger partial charge is 0.451 e. The van der Waals surface area contributed by atoms with Gasteiger partial charge in [0.25, 0.3) is 24.2 Å². The molecule has 0 saturated carbocycles. The second-order valence-electron chi connectivity index (χ2n) is 29.6. The number of nitrogens with one attached hydrogen (secondary N) is 3. The summed E-state index contributed by atoms with van der Waals surface area (Å²) < 4.78 is 64.0. The third-order valence-corrected chi connectivity index (χ3v) is 22.0. The van der Waals surface area contributed by atoms with Crippen LogP contribution in [0.5, 0.6) is 17.2 Å². The number of halogens is 3. The Balaban J connectivity index is 0.000000141. The van der Waals surface area contributed by atoms with Gasteiger partial charge < -0.3 is 43.3 Å². The lowest BCUT2D eigenvalue weighted by molar-refractivity contribution is -1.12. The lowest BCUT2D eigenvalue weighted by Crippen LogP contribution is -2.52. The molecule has 8 aromatic rings. The maximum Gasteiger partial charge on any atom is 0.451 e. The van der Waals surface area contributed by atoms with E-state index in [9.17, 15) is 66.8 Å². The molecule has 4 saturated heterocycles. The first kappa shape index (κ1) is 80.1. The molecule has 0 spiro atoms. The Morgan fingerprint density at radius 2 is 0.914 bits per heavy atom. The van der Waals surface area contributed by atoms with E-state index in [1.165, 1.54) is 31.4 Å². The van der Waals surface area contributed by atoms with Crippen LogP contribution in [0.1, 0.15) is 148 Å². The van der Waals surface area contributed by atoms with Gasteiger partial charge in [-0.1, -0.05) is 97.1 Å². The fourth-order valence-electron chi connectivity index (χ4n) is 15.9. The Hall–Kier alpha value is -12.5. The second-order valence-corrected chi connectivity index (χ2v) is 29.6. The molecule has 0 bridgehead atoms. The number of aromatic nitrogens is 3. The zero-order valence-electron chi connectivity index (χ0n) is 63.1. The molecule has 10 heterocycles. The topological polar surface area (TPSA) is 355 Å². The van der Waals surface area contributed by atoms with Gasteiger partial charge in [0.05, 0.1) is 51.0 Å². The van der Waals surface area contributed by atoms with Crippen LogP contribution in [-0.2, 0) is 130 Å². The number of benzene rings is 7. The molecule has 2 unspecified atom stereocenters. The summed E-state index contributed by atoms with van der Waals surface area (Å²) >= 11 is 0. The normalized spacial score (nSPS) is 19.5. The van der Waals surface area contributed by atoms with Gasteiger partial charge in [-0.25, -0.2) is 5.21 Å². The van der Waals surface area contributed by atoms with Crippen molar-refractivity contribution in [2.24, 2.45) is 0 Å². The molecule has 7 aromatic carbocycles. The first-order valence-corrected chi connectivity index (χ1v) is 38.1. The highest BCUT2D eigenvalue weighted by Gasteiger charge is 2.45. The molecule has 9 aliphatic heterocycles. The van der Waals surface area contributed by atoms with Gasteiger partial charge in [-0.3, -0.25) is 73.7 Å². The Kier molecular flexibility index (Phi) is 24.2. The first-order chi connectivity index (χ1) is 56.0. The summed E-state index contributed by atoms with van der Waals surface area (Å²) in [5.74, 6) is -1.80. The second kappa shape index (κ2) is 35.1. The number of morpholine rings is 1. The lowest BCUT2D eigenvalue weighted by atomic mass is 9.97. The highest BCUT2D eigenvalue weighted by molar-refractivity contribution is 6.08. The highest BCUT2D eigenvalue weighted by atomic mass is 19.4. The van der Waals surface area contributed by atoms with Crippen LogP contribution in [-0.4, -0.2) is 171 Å². The van der Waals surface area contributed by atoms with Gasteiger partial charge in [0.2, 0.25) is 41.3 Å². The number of hydrogen-bond donors (Lipinski definition) is 5. The predicted octanol–water partition coefficient (Wildman–Crippen LogP) is 7.57. The Bertz CT molecular complexity index is 5160. The lowest BCUT2D eigenvalue weighted by Gasteiger charge is -2.33. The van der Waals surface area contributed by atoms with Crippen molar-refractivity contribution in [2.75, 3.05) is 39.4 Å². The summed E-state index contributed by atoms with van der Waals surface area (Å²) in [6, 6.07) is 46.2. The summed E-state index contributed by atoms with van der Waals surface area (Å²) in [4.78, 5) is 128. The highest BCUT2D eigenvalue weighted by Crippen LogP contribution is 2.39. The van der Waals surface area contributed by atoms with E-state index in [0.717, 1.165) is 69.6 Å². The average molecular weight is 1590 g/mol. The van der Waals surface area contributed by atoms with Crippen molar-refractivity contribution >= 4 is 59.6 Å². The number of quaternary nitrogens is 1. The van der Waals surface area contributed by atoms with Crippen molar-refractivity contribution in [2.45, 2.75) is 148 Å². The van der Waals surface area contributed by atoms with Gasteiger partial charge in [0.15, 0.2) is 0 Å². The summed E-state index contributed by atoms with van der Waals surface area (Å²) in [5, 5.41) is 40.8. The minimum atomic E-state index is -4.52. The van der Waals surface area contributed by atoms with E-state index in [0.29, 0.717) is 129 Å². The number of hydrogen-bond acceptors (Lipinski definition) is 20. The van der Waals surface area contributed by atoms with Crippen LogP contribution < -0.4 is 30.2 Å². The molecular weight excluding hydrogens is 1500 g/mol. The number of nitriles is 1. The van der Waals surface area contributed by atoms with E-state index in [4.69, 9.17) is 28.8 Å². The molecule has 5 N–H and O–H groups in total. The number of nitrogens with zero attached hydrogens (tertiary/aromatic N) is 10. The van der Waals surface area contributed by atoms with Gasteiger partial charge in [0, 0.05) is 97.5 Å². The quantitative estimate of drug-likeness (QED) is 0.0314. The number of piperidine rings is 3. The van der Waals surface area contributed by atoms with Crippen molar-refractivity contribution in [3.8, 4) is 23.3 Å². The minimum absolute atomic E-state index is 0.0102. The molecule has 9 amide bonds. The zero-order valence-corrected chi connectivity index (χ0v) is 63.1. The van der Waals surface area contributed by atoms with E-state index in [1.807, 2.05) is 77.7 Å². The van der Waals surface area contributed by atoms with Gasteiger partial charge in [-0.2, -0.15) is 23.1 Å². The average Bonchev–Trinajstić information content (AvgIpc) is 1.63. The number of amides is 9. The summed E-state index contributed by atoms with van der Waals surface area (Å²) in [6.07, 6.45) is -1.95. The number of carbonyl (C=O) groups excluding carboxylic acids is 9. The number of hydroxylamine groups is 3. The molecule has 1 aromatic heterocycles. The van der Waals surface area contributed by atoms with Gasteiger partial charge in [-0.15, -0.1) is 10.2 Å². The molecule has 4 fully saturated rings. The summed E-state index contributed by atoms with van der Waals surface area (Å²) in [6.45, 7) is 8.42. The monoisotopic (exact) mass is 1590 g/mol. The SMILES string of the molecule is N#Cc1ccc2c(c1)CN(Cc1ccc(COc3cccc4c3CN([C@H]3CCC(=O)NC3=O)C4=O)cc1)CC2.O=C1CCC(N2Cc3c(OCc4ccc(CN5CCn6c(nnc6C(F)(F)F)C5)cc4)cccc3C2=O)C(=O)N1.O=C1CCC(N2Cc3c(OCc4ccc(C[N+]5(O)CCOCC5)cc4)cccc3C2=O)C(=O)N1.O=CO. The molecule has 600 valence electrons. The van der Waals surface area contributed by atoms with Crippen LogP contribution >= 0.6 is 0 Å². The largest absolute Gasteiger partial charge is 0.489 e. The minimum Gasteiger partial charge on any atom is -0.489 e. The van der Waals surface area contributed by atoms with E-state index < -0.39 is 47.8 Å². The summed E-state index contributed by atoms with van der Waals surface area (Å²) in [7, 11) is 0. The molecular formula is C84H83F3N13O16+. The maximum absolute atomic E-state index is 13.1. The van der Waals surface area contributed by atoms with Crippen LogP contribution in [0, 0.1) is 11.3 Å². The number of fused-ring (bicyclic) bond motifs is 5. The number of ether oxygens (including phenoxy) is 4. The van der Waals surface area contributed by atoms with Crippen molar-refractivity contribution in [3.05, 3.63) is 241 Å². The van der Waals surface area contributed by atoms with Gasteiger partial charge in [0.1, 0.15) is 80.7 Å². The number of carboxylic acid groups (broad SMARTS) is 1. The molecule has 0 aliphatic carbocycles. The Morgan fingerprint density at radius 3 is 1.32 bits per heavy atom. The van der Waals surface area contributed by atoms with Crippen molar-refractivity contribution in [3.63, 3.8) is 0 Å². The molecule has 32 heteroatoms. The van der Waals surface area contributed by atoms with E-state index in [2.05, 4.69) is 67.4 Å². The number of imide groups is 3. The third kappa shape index (κ3) is 18.3. The van der Waals surface area contributed by atoms with Crippen LogP contribution in [0.4, 0.5) is 13.2 Å². The van der Waals surface area contributed by atoms with Crippen molar-refractivity contribution in [1.82, 2.24) is 55.2 Å². The number of alkyl halides is 3. The van der Waals surface area contributed by atoms with Crippen LogP contribution in [0.15, 0.2) is 146 Å². The molecule has 0 radical (unpaired) electrons. The van der Waals surface area contributed by atoms with Crippen LogP contribution in [0.2, 0.25) is 0 Å². The van der Waals surface area contributed by atoms with Crippen LogP contribution in [0.25, 0.3) is 0 Å². The first-order valence-electron chi connectivity index (χ1n) is 38.1. The molecule has 116 heavy (non-hydrogen) atoms. The Morgan fingerprint density at radius 1 is 0.509 bits per heavy atom. The van der Waals surface area contributed by atoms with E-state index in [-0.39, 0.29) is 105 Å². The zero-order chi connectivity index (χ0) is 81.4. The maximum atomic E-state index is 13.1. The van der Waals surface area contributed by atoms with Crippen molar-refractivity contribution in [1.29, 1.82) is 5.26 Å². The molecule has 17 rings (SSSR count). The van der Waals surface area contributed by atoms with Crippen molar-refractivity contribution < 1.29 is 95.0 Å². The fourth-order valence-corrected chi connectivity index (χ4v) is 15.9. The fraction of sp³-hybridized carbons (Fsp3) is 0.345. The van der Waals surface area contributed by atoms with Crippen LogP contribution in [0.3, 0.4) is 0 Å². The van der Waals surface area contributed by atoms with E-state index >= 15 is 0 Å². The summed E-state index contributed by atoms with van der Waals surface area (Å²) in [5.41, 5.74) is 13.2. The predicted molar refractivity (Wildman–Crippen MR) is 403 cm³/mol. The number of carbonyl (C=O) groups is 10. The molecule has 3 atom stereocenters. The van der Waals surface area contributed by atoms with Gasteiger partial charge >= 0.3 is 6.18 Å². The third-order valence-electron chi connectivity index (χ3n) is 22.0. The van der Waals surface area contributed by atoms with Gasteiger partial charge in [-0.05, 0) is 113 Å². The number of rotatable bonds is 18. The molecule has 9 aliphatic rings. The molecule has 29 nitrogen and oxygen atoms in total. The Labute approximate surface area is 663 Å².